The van der Waals surface area contributed by atoms with Crippen molar-refractivity contribution in [2.24, 2.45) is 4.99 Å². The molecule has 32 heavy (non-hydrogen) atoms. The molecule has 1 fully saturated rings. The van der Waals surface area contributed by atoms with E-state index in [0.29, 0.717) is 5.17 Å². The maximum atomic E-state index is 13.8. The summed E-state index contributed by atoms with van der Waals surface area (Å²) in [4.78, 5) is 24.5. The molecule has 5 rings (SSSR count). The van der Waals surface area contributed by atoms with Crippen LogP contribution in [0.15, 0.2) is 92.6 Å². The Morgan fingerprint density at radius 2 is 1.50 bits per heavy atom. The molecule has 0 atom stereocenters. The number of amides is 1. The van der Waals surface area contributed by atoms with E-state index in [0.717, 1.165) is 39.1 Å². The zero-order valence-electron chi connectivity index (χ0n) is 18.2. The number of carbonyl (C=O) groups is 1. The predicted molar refractivity (Wildman–Crippen MR) is 137 cm³/mol. The molecule has 0 saturated carbocycles. The van der Waals surface area contributed by atoms with Crippen molar-refractivity contribution in [2.75, 3.05) is 16.3 Å². The number of nitrogens with zero attached hydrogens (tertiary/aromatic N) is 3. The van der Waals surface area contributed by atoms with Gasteiger partial charge in [-0.3, -0.25) is 9.69 Å². The van der Waals surface area contributed by atoms with Gasteiger partial charge in [-0.05, 0) is 68.9 Å². The number of anilines is 2. The van der Waals surface area contributed by atoms with Gasteiger partial charge in [0, 0.05) is 11.4 Å². The molecule has 0 bridgehead atoms. The van der Waals surface area contributed by atoms with Crippen LogP contribution >= 0.6 is 23.5 Å². The second-order valence-electron chi connectivity index (χ2n) is 7.76. The number of benzene rings is 3. The number of hydrogen-bond acceptors (Lipinski definition) is 5. The Hall–Kier alpha value is -2.96. The number of aryl methyl sites for hydroxylation is 2. The van der Waals surface area contributed by atoms with E-state index in [4.69, 9.17) is 4.99 Å². The van der Waals surface area contributed by atoms with Crippen LogP contribution in [-0.2, 0) is 4.79 Å². The summed E-state index contributed by atoms with van der Waals surface area (Å²) in [5.41, 5.74) is 5.16. The number of hydrogen-bond donors (Lipinski definition) is 0. The fourth-order valence-corrected chi connectivity index (χ4v) is 6.14. The zero-order chi connectivity index (χ0) is 22.2. The Bertz CT molecular complexity index is 1250. The average Bonchev–Trinajstić information content (AvgIpc) is 3.33. The minimum absolute atomic E-state index is 0.0292. The quantitative estimate of drug-likeness (QED) is 0.402. The molecule has 0 spiro atoms. The third-order valence-electron chi connectivity index (χ3n) is 5.45. The minimum Gasteiger partial charge on any atom is -0.334 e. The lowest BCUT2D eigenvalue weighted by atomic mass is 10.2. The van der Waals surface area contributed by atoms with Crippen LogP contribution in [0.25, 0.3) is 0 Å². The Morgan fingerprint density at radius 1 is 0.844 bits per heavy atom. The van der Waals surface area contributed by atoms with Crippen LogP contribution < -0.4 is 9.80 Å². The summed E-state index contributed by atoms with van der Waals surface area (Å²) >= 11 is 3.12. The fourth-order valence-electron chi connectivity index (χ4n) is 3.75. The van der Waals surface area contributed by atoms with Crippen molar-refractivity contribution in [2.45, 2.75) is 25.7 Å². The molecule has 0 aromatic heterocycles. The number of fused-ring (bicyclic) bond motifs is 1. The summed E-state index contributed by atoms with van der Waals surface area (Å²) < 4.78 is 0. The van der Waals surface area contributed by atoms with Gasteiger partial charge in [0.25, 0.3) is 5.91 Å². The van der Waals surface area contributed by atoms with E-state index in [9.17, 15) is 4.79 Å². The Morgan fingerprint density at radius 3 is 2.19 bits per heavy atom. The van der Waals surface area contributed by atoms with E-state index in [-0.39, 0.29) is 5.91 Å². The second-order valence-corrected chi connectivity index (χ2v) is 9.76. The lowest BCUT2D eigenvalue weighted by molar-refractivity contribution is -0.113. The first-order valence-electron chi connectivity index (χ1n) is 10.6. The molecule has 4 nitrogen and oxygen atoms in total. The summed E-state index contributed by atoms with van der Waals surface area (Å²) in [6.45, 7) is 7.02. The largest absolute Gasteiger partial charge is 0.334 e. The Balaban J connectivity index is 1.62. The number of rotatable bonds is 3. The summed E-state index contributed by atoms with van der Waals surface area (Å²) in [6, 6.07) is 24.4. The number of thioether (sulfide) groups is 2. The molecule has 2 heterocycles. The molecule has 6 heteroatoms. The molecule has 2 aliphatic rings. The van der Waals surface area contributed by atoms with Gasteiger partial charge >= 0.3 is 0 Å². The zero-order valence-corrected chi connectivity index (χ0v) is 19.8. The minimum atomic E-state index is -0.0292. The summed E-state index contributed by atoms with van der Waals surface area (Å²) in [7, 11) is 0. The molecule has 1 amide bonds. The monoisotopic (exact) mass is 457 g/mol. The van der Waals surface area contributed by atoms with E-state index < -0.39 is 0 Å². The smallest absolute Gasteiger partial charge is 0.274 e. The van der Waals surface area contributed by atoms with Crippen LogP contribution in [0.1, 0.15) is 18.1 Å². The van der Waals surface area contributed by atoms with Crippen molar-refractivity contribution < 1.29 is 4.79 Å². The van der Waals surface area contributed by atoms with Crippen molar-refractivity contribution in [3.63, 3.8) is 0 Å². The van der Waals surface area contributed by atoms with E-state index in [1.54, 1.807) is 16.7 Å². The molecule has 3 aromatic rings. The van der Waals surface area contributed by atoms with E-state index in [1.165, 1.54) is 22.2 Å². The van der Waals surface area contributed by atoms with E-state index in [2.05, 4.69) is 30.9 Å². The Labute approximate surface area is 197 Å². The Kier molecular flexibility index (Phi) is 5.57. The van der Waals surface area contributed by atoms with E-state index in [1.807, 2.05) is 67.6 Å². The van der Waals surface area contributed by atoms with Crippen molar-refractivity contribution in [3.8, 4) is 0 Å². The van der Waals surface area contributed by atoms with Crippen LogP contribution in [0.4, 0.5) is 17.1 Å². The van der Waals surface area contributed by atoms with Crippen molar-refractivity contribution in [1.29, 1.82) is 0 Å². The van der Waals surface area contributed by atoms with Gasteiger partial charge in [-0.15, -0.1) is 0 Å². The summed E-state index contributed by atoms with van der Waals surface area (Å²) in [6.07, 6.45) is 0. The molecule has 3 aromatic carbocycles. The highest BCUT2D eigenvalue weighted by Gasteiger charge is 2.40. The molecule has 1 saturated heterocycles. The van der Waals surface area contributed by atoms with Crippen LogP contribution in [-0.4, -0.2) is 17.6 Å². The van der Waals surface area contributed by atoms with Crippen molar-refractivity contribution in [3.05, 3.63) is 93.9 Å². The van der Waals surface area contributed by atoms with Gasteiger partial charge in [0.2, 0.25) is 0 Å². The number of para-hydroxylation sites is 1. The predicted octanol–water partition coefficient (Wildman–Crippen LogP) is 6.87. The molecular weight excluding hydrogens is 434 g/mol. The van der Waals surface area contributed by atoms with Gasteiger partial charge in [-0.1, -0.05) is 59.3 Å². The maximum Gasteiger partial charge on any atom is 0.274 e. The molecule has 160 valence electrons. The molecule has 0 unspecified atom stereocenters. The van der Waals surface area contributed by atoms with Gasteiger partial charge < -0.3 is 4.90 Å². The van der Waals surface area contributed by atoms with Gasteiger partial charge in [0.05, 0.1) is 17.1 Å². The average molecular weight is 458 g/mol. The molecule has 2 aliphatic heterocycles. The van der Waals surface area contributed by atoms with Gasteiger partial charge in [-0.25, -0.2) is 4.99 Å². The van der Waals surface area contributed by atoms with Gasteiger partial charge in [0.1, 0.15) is 9.93 Å². The third kappa shape index (κ3) is 3.74. The van der Waals surface area contributed by atoms with E-state index >= 15 is 0 Å². The van der Waals surface area contributed by atoms with Crippen LogP contribution in [0, 0.1) is 13.8 Å². The molecule has 0 radical (unpaired) electrons. The maximum absolute atomic E-state index is 13.8. The van der Waals surface area contributed by atoms with Crippen LogP contribution in [0.2, 0.25) is 0 Å². The second kappa shape index (κ2) is 8.52. The molecule has 0 aliphatic carbocycles. The third-order valence-corrected chi connectivity index (χ3v) is 7.79. The van der Waals surface area contributed by atoms with Gasteiger partial charge in [-0.2, -0.15) is 0 Å². The van der Waals surface area contributed by atoms with Crippen molar-refractivity contribution in [1.82, 2.24) is 0 Å². The number of amidine groups is 1. The summed E-state index contributed by atoms with van der Waals surface area (Å²) in [5, 5.41) is 1.66. The fraction of sp³-hybridized carbons (Fsp3) is 0.154. The van der Waals surface area contributed by atoms with Gasteiger partial charge in [0.15, 0.2) is 5.17 Å². The standard InChI is InChI=1S/C26H23N3OS2/c1-4-28-21-7-5-6-8-22(21)31-25(28)23-24(30)29(20-15-11-18(3)12-16-20)26(32-23)27-19-13-9-17(2)10-14-19/h5-16H,4H2,1-3H3/b25-23-,27-26?. The van der Waals surface area contributed by atoms with Crippen molar-refractivity contribution >= 4 is 51.7 Å². The lowest BCUT2D eigenvalue weighted by Crippen LogP contribution is -2.29. The topological polar surface area (TPSA) is 35.9 Å². The van der Waals surface area contributed by atoms with Crippen LogP contribution in [0.3, 0.4) is 0 Å². The number of carbonyl (C=O) groups excluding carboxylic acids is 1. The highest BCUT2D eigenvalue weighted by Crippen LogP contribution is 2.51. The lowest BCUT2D eigenvalue weighted by Gasteiger charge is -2.19. The first kappa shape index (κ1) is 20.9. The molecule has 0 N–H and O–H groups in total. The summed E-state index contributed by atoms with van der Waals surface area (Å²) in [5.74, 6) is -0.0292. The highest BCUT2D eigenvalue weighted by atomic mass is 32.2. The first-order valence-corrected chi connectivity index (χ1v) is 12.2. The molecular formula is C26H23N3OS2. The first-order chi connectivity index (χ1) is 15.5. The number of aliphatic imine (C=N–C) groups is 1. The van der Waals surface area contributed by atoms with Crippen LogP contribution in [0.5, 0.6) is 0 Å². The SMILES string of the molecule is CCN1/C(=C2/SC(=Nc3ccc(C)cc3)N(c3ccc(C)cc3)C2=O)Sc2ccccc21. The highest BCUT2D eigenvalue weighted by molar-refractivity contribution is 8.20. The normalized spacial score (nSPS) is 19.2.